The highest BCUT2D eigenvalue weighted by Gasteiger charge is 2.40. The first-order valence-corrected chi connectivity index (χ1v) is 9.57. The molecule has 0 saturated carbocycles. The second kappa shape index (κ2) is 8.93. The molecule has 9 heteroatoms. The van der Waals surface area contributed by atoms with Gasteiger partial charge in [0.1, 0.15) is 18.1 Å². The molecule has 29 heavy (non-hydrogen) atoms. The van der Waals surface area contributed by atoms with Crippen LogP contribution in [0.2, 0.25) is 0 Å². The van der Waals surface area contributed by atoms with Gasteiger partial charge in [0.25, 0.3) is 0 Å². The molecule has 1 aliphatic rings. The zero-order valence-electron chi connectivity index (χ0n) is 17.2. The number of rotatable bonds is 6. The molecular weight excluding hydrogens is 376 g/mol. The van der Waals surface area contributed by atoms with E-state index in [1.54, 1.807) is 38.1 Å². The van der Waals surface area contributed by atoms with Crippen molar-refractivity contribution in [2.45, 2.75) is 52.7 Å². The van der Waals surface area contributed by atoms with Crippen LogP contribution in [0.5, 0.6) is 0 Å². The van der Waals surface area contributed by atoms with Gasteiger partial charge in [0.2, 0.25) is 11.8 Å². The molecule has 0 unspecified atom stereocenters. The Labute approximate surface area is 169 Å². The monoisotopic (exact) mass is 404 g/mol. The maximum atomic E-state index is 13.2. The topological polar surface area (TPSA) is 128 Å². The van der Waals surface area contributed by atoms with Gasteiger partial charge in [0.15, 0.2) is 0 Å². The van der Waals surface area contributed by atoms with Gasteiger partial charge in [-0.1, -0.05) is 39.8 Å². The van der Waals surface area contributed by atoms with Gasteiger partial charge in [0.05, 0.1) is 11.4 Å². The number of nitrogens with one attached hydrogen (secondary N) is 3. The maximum Gasteiger partial charge on any atom is 0.325 e. The highest BCUT2D eigenvalue weighted by molar-refractivity contribution is 6.12. The third kappa shape index (κ3) is 4.85. The van der Waals surface area contributed by atoms with Crippen molar-refractivity contribution in [3.8, 4) is 0 Å². The Morgan fingerprint density at radius 2 is 1.69 bits per heavy atom. The van der Waals surface area contributed by atoms with E-state index >= 15 is 0 Å². The van der Waals surface area contributed by atoms with Crippen LogP contribution in [-0.2, 0) is 14.4 Å². The standard InChI is InChI=1S/C20H28N4O5/c1-10(2)15(17(25)21-12(5)19(27)28)23-20(29)24-14-9-7-6-8-13(14)22-18(26)16(24)11(3)4/h6-12,15-16H,1-5H3,(H,21,25)(H,22,26)(H,23,29)(H,27,28)/t12-,15-,16+/m0/s1. The fraction of sp³-hybridized carbons (Fsp3) is 0.500. The van der Waals surface area contributed by atoms with E-state index in [0.717, 1.165) is 0 Å². The van der Waals surface area contributed by atoms with Crippen LogP contribution in [-0.4, -0.2) is 47.0 Å². The fourth-order valence-electron chi connectivity index (χ4n) is 3.20. The van der Waals surface area contributed by atoms with Gasteiger partial charge >= 0.3 is 12.0 Å². The number of nitrogens with zero attached hydrogens (tertiary/aromatic N) is 1. The number of carbonyl (C=O) groups excluding carboxylic acids is 3. The minimum Gasteiger partial charge on any atom is -0.480 e. The molecule has 0 aliphatic carbocycles. The summed E-state index contributed by atoms with van der Waals surface area (Å²) in [6.07, 6.45) is 0. The summed E-state index contributed by atoms with van der Waals surface area (Å²) >= 11 is 0. The van der Waals surface area contributed by atoms with Crippen LogP contribution in [0.3, 0.4) is 0 Å². The van der Waals surface area contributed by atoms with Crippen molar-refractivity contribution in [1.29, 1.82) is 0 Å². The molecule has 2 rings (SSSR count). The van der Waals surface area contributed by atoms with Crippen LogP contribution in [0.15, 0.2) is 24.3 Å². The quantitative estimate of drug-likeness (QED) is 0.575. The Morgan fingerprint density at radius 1 is 1.07 bits per heavy atom. The van der Waals surface area contributed by atoms with Crippen LogP contribution in [0.25, 0.3) is 0 Å². The Kier molecular flexibility index (Phi) is 6.84. The number of fused-ring (bicyclic) bond motifs is 1. The zero-order valence-corrected chi connectivity index (χ0v) is 17.2. The molecule has 0 bridgehead atoms. The molecule has 9 nitrogen and oxygen atoms in total. The van der Waals surface area contributed by atoms with Gasteiger partial charge < -0.3 is 21.1 Å². The number of anilines is 2. The number of aliphatic carboxylic acids is 1. The second-order valence-corrected chi connectivity index (χ2v) is 7.80. The van der Waals surface area contributed by atoms with Gasteiger partial charge in [-0.3, -0.25) is 19.3 Å². The smallest absolute Gasteiger partial charge is 0.325 e. The average molecular weight is 404 g/mol. The number of carboxylic acid groups (broad SMARTS) is 1. The van der Waals surface area contributed by atoms with Gasteiger partial charge in [-0.05, 0) is 30.9 Å². The normalized spacial score (nSPS) is 18.0. The molecule has 0 spiro atoms. The molecular formula is C20H28N4O5. The van der Waals surface area contributed by atoms with E-state index in [1.165, 1.54) is 11.8 Å². The SMILES string of the molecule is CC(C)[C@H](NC(=O)N1c2ccccc2NC(=O)[C@H]1C(C)C)C(=O)N[C@@H](C)C(=O)O. The summed E-state index contributed by atoms with van der Waals surface area (Å²) in [5.41, 5.74) is 1.04. The van der Waals surface area contributed by atoms with Crippen molar-refractivity contribution in [3.05, 3.63) is 24.3 Å². The van der Waals surface area contributed by atoms with Gasteiger partial charge in [-0.2, -0.15) is 0 Å². The maximum absolute atomic E-state index is 13.2. The van der Waals surface area contributed by atoms with E-state index < -0.39 is 36.0 Å². The lowest BCUT2D eigenvalue weighted by Crippen LogP contribution is -2.61. The Balaban J connectivity index is 2.32. The highest BCUT2D eigenvalue weighted by Crippen LogP contribution is 2.34. The molecule has 158 valence electrons. The lowest BCUT2D eigenvalue weighted by Gasteiger charge is -2.39. The van der Waals surface area contributed by atoms with Crippen molar-refractivity contribution in [2.75, 3.05) is 10.2 Å². The molecule has 1 aromatic rings. The number of urea groups is 1. The summed E-state index contributed by atoms with van der Waals surface area (Å²) in [5, 5.41) is 16.9. The summed E-state index contributed by atoms with van der Waals surface area (Å²) in [4.78, 5) is 50.8. The minimum absolute atomic E-state index is 0.174. The van der Waals surface area contributed by atoms with Gasteiger partial charge in [-0.25, -0.2) is 4.79 Å². The van der Waals surface area contributed by atoms with E-state index in [0.29, 0.717) is 11.4 Å². The number of carboxylic acids is 1. The Morgan fingerprint density at radius 3 is 2.24 bits per heavy atom. The Bertz CT molecular complexity index is 808. The van der Waals surface area contributed by atoms with Crippen molar-refractivity contribution in [1.82, 2.24) is 10.6 Å². The molecule has 4 N–H and O–H groups in total. The van der Waals surface area contributed by atoms with Gasteiger partial charge in [0, 0.05) is 0 Å². The van der Waals surface area contributed by atoms with Crippen LogP contribution < -0.4 is 20.9 Å². The van der Waals surface area contributed by atoms with E-state index in [2.05, 4.69) is 16.0 Å². The average Bonchev–Trinajstić information content (AvgIpc) is 2.63. The van der Waals surface area contributed by atoms with Crippen LogP contribution in [0.4, 0.5) is 16.2 Å². The third-order valence-corrected chi connectivity index (χ3v) is 4.78. The van der Waals surface area contributed by atoms with Gasteiger partial charge in [-0.15, -0.1) is 0 Å². The molecule has 1 heterocycles. The highest BCUT2D eigenvalue weighted by atomic mass is 16.4. The molecule has 0 aromatic heterocycles. The molecule has 4 amide bonds. The zero-order chi connectivity index (χ0) is 21.9. The summed E-state index contributed by atoms with van der Waals surface area (Å²) in [7, 11) is 0. The number of para-hydroxylation sites is 2. The fourth-order valence-corrected chi connectivity index (χ4v) is 3.20. The summed E-state index contributed by atoms with van der Waals surface area (Å²) in [6, 6.07) is 3.53. The molecule has 1 aromatic carbocycles. The number of benzene rings is 1. The molecule has 0 fully saturated rings. The van der Waals surface area contributed by atoms with Crippen LogP contribution >= 0.6 is 0 Å². The Hall–Kier alpha value is -3.10. The number of carbonyl (C=O) groups is 4. The molecule has 0 radical (unpaired) electrons. The predicted molar refractivity (Wildman–Crippen MR) is 109 cm³/mol. The van der Waals surface area contributed by atoms with E-state index in [9.17, 15) is 19.2 Å². The van der Waals surface area contributed by atoms with Crippen LogP contribution in [0, 0.1) is 11.8 Å². The minimum atomic E-state index is -1.17. The summed E-state index contributed by atoms with van der Waals surface area (Å²) in [6.45, 7) is 8.50. The van der Waals surface area contributed by atoms with Crippen LogP contribution in [0.1, 0.15) is 34.6 Å². The van der Waals surface area contributed by atoms with Crippen molar-refractivity contribution >= 4 is 35.2 Å². The van der Waals surface area contributed by atoms with Crippen molar-refractivity contribution in [3.63, 3.8) is 0 Å². The summed E-state index contributed by atoms with van der Waals surface area (Å²) < 4.78 is 0. The largest absolute Gasteiger partial charge is 0.480 e. The molecule has 1 aliphatic heterocycles. The number of amides is 4. The van der Waals surface area contributed by atoms with Crippen molar-refractivity contribution in [2.24, 2.45) is 11.8 Å². The lowest BCUT2D eigenvalue weighted by molar-refractivity contribution is -0.141. The first-order valence-electron chi connectivity index (χ1n) is 9.57. The first kappa shape index (κ1) is 22.2. The van der Waals surface area contributed by atoms with E-state index in [-0.39, 0.29) is 17.7 Å². The lowest BCUT2D eigenvalue weighted by atomic mass is 9.97. The van der Waals surface area contributed by atoms with Crippen molar-refractivity contribution < 1.29 is 24.3 Å². The van der Waals surface area contributed by atoms with E-state index in [1.807, 2.05) is 13.8 Å². The first-order chi connectivity index (χ1) is 13.5. The number of hydrogen-bond acceptors (Lipinski definition) is 4. The summed E-state index contributed by atoms with van der Waals surface area (Å²) in [5.74, 6) is -2.55. The third-order valence-electron chi connectivity index (χ3n) is 4.78. The second-order valence-electron chi connectivity index (χ2n) is 7.80. The number of hydrogen-bond donors (Lipinski definition) is 4. The molecule has 0 saturated heterocycles. The van der Waals surface area contributed by atoms with E-state index in [4.69, 9.17) is 5.11 Å². The molecule has 3 atom stereocenters. The predicted octanol–water partition coefficient (Wildman–Crippen LogP) is 1.79.